The fraction of sp³-hybridized carbons (Fsp3) is 0. The summed E-state index contributed by atoms with van der Waals surface area (Å²) in [7, 11) is 0. The van der Waals surface area contributed by atoms with Gasteiger partial charge < -0.3 is 5.73 Å². The lowest BCUT2D eigenvalue weighted by atomic mass is 10.3. The minimum Gasteiger partial charge on any atom is -0.396 e. The average Bonchev–Trinajstić information content (AvgIpc) is 1.83. The van der Waals surface area contributed by atoms with E-state index in [4.69, 9.17) is 5.73 Å². The first-order chi connectivity index (χ1) is 4.22. The molecule has 1 rings (SSSR count). The first kappa shape index (κ1) is 9.17. The number of nitrogens with two attached hydrogens (primary N) is 1. The third kappa shape index (κ3) is 1.57. The Kier molecular flexibility index (Phi) is 3.09. The molecule has 0 spiro atoms. The molecule has 2 N–H and O–H groups in total. The van der Waals surface area contributed by atoms with Crippen LogP contribution in [0.4, 0.5) is 14.5 Å². The standard InChI is InChI=1S/C6H5F2N.ClH/c7-4-2-1-3-5(9)6(4)8;/h1-3H,9H2;1H. The van der Waals surface area contributed by atoms with Gasteiger partial charge in [0.05, 0.1) is 5.69 Å². The van der Waals surface area contributed by atoms with Crippen LogP contribution < -0.4 is 5.73 Å². The van der Waals surface area contributed by atoms with Crippen LogP contribution in [0.5, 0.6) is 0 Å². The Bertz CT molecular complexity index is 207. The zero-order valence-corrected chi connectivity index (χ0v) is 5.79. The molecule has 1 nitrogen and oxygen atoms in total. The molecule has 0 saturated heterocycles. The van der Waals surface area contributed by atoms with E-state index in [0.29, 0.717) is 0 Å². The van der Waals surface area contributed by atoms with E-state index in [9.17, 15) is 8.78 Å². The molecule has 0 aromatic heterocycles. The van der Waals surface area contributed by atoms with Crippen LogP contribution in [0, 0.1) is 11.6 Å². The van der Waals surface area contributed by atoms with Crippen LogP contribution in [0.25, 0.3) is 0 Å². The fourth-order valence-corrected chi connectivity index (χ4v) is 0.520. The van der Waals surface area contributed by atoms with Crippen molar-refractivity contribution in [3.8, 4) is 0 Å². The zero-order valence-electron chi connectivity index (χ0n) is 4.97. The van der Waals surface area contributed by atoms with Crippen LogP contribution in [0.2, 0.25) is 0 Å². The molecule has 0 aliphatic carbocycles. The van der Waals surface area contributed by atoms with Crippen LogP contribution in [0.3, 0.4) is 0 Å². The molecule has 0 aliphatic heterocycles. The van der Waals surface area contributed by atoms with Crippen LogP contribution in [0.15, 0.2) is 18.2 Å². The molecule has 0 amide bonds. The number of hydrogen-bond acceptors (Lipinski definition) is 1. The highest BCUT2D eigenvalue weighted by molar-refractivity contribution is 5.85. The highest BCUT2D eigenvalue weighted by atomic mass is 35.5. The van der Waals surface area contributed by atoms with Gasteiger partial charge in [-0.2, -0.15) is 0 Å². The maximum atomic E-state index is 12.2. The van der Waals surface area contributed by atoms with Crippen molar-refractivity contribution in [2.45, 2.75) is 0 Å². The Morgan fingerprint density at radius 1 is 1.20 bits per heavy atom. The largest absolute Gasteiger partial charge is 0.396 e. The van der Waals surface area contributed by atoms with Crippen LogP contribution >= 0.6 is 12.4 Å². The zero-order chi connectivity index (χ0) is 6.85. The van der Waals surface area contributed by atoms with E-state index in [1.807, 2.05) is 0 Å². The quantitative estimate of drug-likeness (QED) is 0.585. The molecule has 0 atom stereocenters. The summed E-state index contributed by atoms with van der Waals surface area (Å²) >= 11 is 0. The van der Waals surface area contributed by atoms with Gasteiger partial charge in [-0.25, -0.2) is 8.78 Å². The Morgan fingerprint density at radius 3 is 2.20 bits per heavy atom. The molecular weight excluding hydrogens is 160 g/mol. The topological polar surface area (TPSA) is 26.0 Å². The molecule has 0 fully saturated rings. The van der Waals surface area contributed by atoms with Crippen LogP contribution in [-0.2, 0) is 0 Å². The molecule has 0 heterocycles. The minimum atomic E-state index is -0.975. The Labute approximate surface area is 63.3 Å². The van der Waals surface area contributed by atoms with Gasteiger partial charge >= 0.3 is 0 Å². The molecule has 1 aromatic carbocycles. The molecule has 0 bridgehead atoms. The van der Waals surface area contributed by atoms with Crippen molar-refractivity contribution in [3.05, 3.63) is 29.8 Å². The molecule has 0 radical (unpaired) electrons. The van der Waals surface area contributed by atoms with Gasteiger partial charge in [0.25, 0.3) is 0 Å². The summed E-state index contributed by atoms with van der Waals surface area (Å²) in [6, 6.07) is 3.68. The molecule has 4 heteroatoms. The summed E-state index contributed by atoms with van der Waals surface area (Å²) in [5.41, 5.74) is 4.85. The second-order valence-electron chi connectivity index (χ2n) is 1.64. The molecular formula is C6H6ClF2N. The van der Waals surface area contributed by atoms with Crippen LogP contribution in [0.1, 0.15) is 0 Å². The van der Waals surface area contributed by atoms with Gasteiger partial charge in [-0.05, 0) is 12.1 Å². The molecule has 1 aromatic rings. The predicted octanol–water partition coefficient (Wildman–Crippen LogP) is 1.97. The van der Waals surface area contributed by atoms with Gasteiger partial charge in [-0.3, -0.25) is 0 Å². The molecule has 56 valence electrons. The van der Waals surface area contributed by atoms with Crippen molar-refractivity contribution in [1.29, 1.82) is 0 Å². The highest BCUT2D eigenvalue weighted by Crippen LogP contribution is 2.11. The number of rotatable bonds is 0. The van der Waals surface area contributed by atoms with Gasteiger partial charge in [0.1, 0.15) is 0 Å². The number of anilines is 1. The maximum Gasteiger partial charge on any atom is 0.181 e. The third-order valence-electron chi connectivity index (χ3n) is 0.981. The van der Waals surface area contributed by atoms with Crippen molar-refractivity contribution in [3.63, 3.8) is 0 Å². The van der Waals surface area contributed by atoms with E-state index in [2.05, 4.69) is 0 Å². The predicted molar refractivity (Wildman–Crippen MR) is 38.0 cm³/mol. The first-order valence-electron chi connectivity index (χ1n) is 2.41. The summed E-state index contributed by atoms with van der Waals surface area (Å²) in [5.74, 6) is -1.88. The number of halogens is 3. The maximum absolute atomic E-state index is 12.2. The summed E-state index contributed by atoms with van der Waals surface area (Å²) in [4.78, 5) is 0. The lowest BCUT2D eigenvalue weighted by molar-refractivity contribution is 0.512. The SMILES string of the molecule is Cl.Nc1cccc(F)c1F. The lowest BCUT2D eigenvalue weighted by Gasteiger charge is -1.93. The Hall–Kier alpha value is -0.830. The summed E-state index contributed by atoms with van der Waals surface area (Å²) in [5, 5.41) is 0. The second kappa shape index (κ2) is 3.37. The van der Waals surface area contributed by atoms with Gasteiger partial charge in [0.2, 0.25) is 0 Å². The number of nitrogen functional groups attached to an aromatic ring is 1. The molecule has 0 saturated carbocycles. The van der Waals surface area contributed by atoms with E-state index in [0.717, 1.165) is 6.07 Å². The van der Waals surface area contributed by atoms with E-state index in [-0.39, 0.29) is 18.1 Å². The number of benzene rings is 1. The van der Waals surface area contributed by atoms with E-state index < -0.39 is 11.6 Å². The van der Waals surface area contributed by atoms with Gasteiger partial charge in [-0.15, -0.1) is 12.4 Å². The van der Waals surface area contributed by atoms with Gasteiger partial charge in [0.15, 0.2) is 11.6 Å². The highest BCUT2D eigenvalue weighted by Gasteiger charge is 2.01. The normalized spacial score (nSPS) is 8.60. The summed E-state index contributed by atoms with van der Waals surface area (Å²) < 4.78 is 24.4. The van der Waals surface area contributed by atoms with E-state index in [1.165, 1.54) is 12.1 Å². The van der Waals surface area contributed by atoms with Crippen molar-refractivity contribution >= 4 is 18.1 Å². The third-order valence-corrected chi connectivity index (χ3v) is 0.981. The van der Waals surface area contributed by atoms with Crippen molar-refractivity contribution in [2.24, 2.45) is 0 Å². The lowest BCUT2D eigenvalue weighted by Crippen LogP contribution is -1.92. The molecule has 10 heavy (non-hydrogen) atoms. The van der Waals surface area contributed by atoms with E-state index >= 15 is 0 Å². The van der Waals surface area contributed by atoms with Crippen molar-refractivity contribution in [2.75, 3.05) is 5.73 Å². The number of hydrogen-bond donors (Lipinski definition) is 1. The van der Waals surface area contributed by atoms with Crippen LogP contribution in [-0.4, -0.2) is 0 Å². The molecule has 0 aliphatic rings. The summed E-state index contributed by atoms with van der Waals surface area (Å²) in [6.45, 7) is 0. The van der Waals surface area contributed by atoms with Crippen molar-refractivity contribution < 1.29 is 8.78 Å². The Morgan fingerprint density at radius 2 is 1.80 bits per heavy atom. The Balaban J connectivity index is 0.000000810. The smallest absolute Gasteiger partial charge is 0.181 e. The average molecular weight is 166 g/mol. The monoisotopic (exact) mass is 165 g/mol. The van der Waals surface area contributed by atoms with Crippen molar-refractivity contribution in [1.82, 2.24) is 0 Å². The minimum absolute atomic E-state index is 0. The summed E-state index contributed by atoms with van der Waals surface area (Å²) in [6.07, 6.45) is 0. The van der Waals surface area contributed by atoms with Gasteiger partial charge in [0, 0.05) is 0 Å². The van der Waals surface area contributed by atoms with E-state index in [1.54, 1.807) is 0 Å². The first-order valence-corrected chi connectivity index (χ1v) is 2.41. The molecule has 0 unspecified atom stereocenters. The fourth-order valence-electron chi connectivity index (χ4n) is 0.520. The van der Waals surface area contributed by atoms with Gasteiger partial charge in [-0.1, -0.05) is 6.07 Å². The second-order valence-corrected chi connectivity index (χ2v) is 1.64.